The highest BCUT2D eigenvalue weighted by molar-refractivity contribution is 5.29. The molecule has 0 saturated carbocycles. The fraction of sp³-hybridized carbons (Fsp3) is 0.417. The molecule has 2 nitrogen and oxygen atoms in total. The van der Waals surface area contributed by atoms with Crippen LogP contribution in [-0.4, -0.2) is 6.61 Å². The maximum Gasteiger partial charge on any atom is 0.119 e. The lowest BCUT2D eigenvalue weighted by molar-refractivity contribution is 0.309. The molecule has 0 bridgehead atoms. The number of benzene rings is 1. The van der Waals surface area contributed by atoms with Crippen LogP contribution in [0.3, 0.4) is 0 Å². The number of unbranched alkanes of at least 4 members (excludes halogenated alkanes) is 1. The van der Waals surface area contributed by atoms with Gasteiger partial charge in [0, 0.05) is 0 Å². The molecule has 0 aliphatic rings. The van der Waals surface area contributed by atoms with Crippen LogP contribution in [0.1, 0.15) is 25.3 Å². The van der Waals surface area contributed by atoms with Crippen LogP contribution < -0.4 is 4.74 Å². The molecule has 1 aromatic carbocycles. The summed E-state index contributed by atoms with van der Waals surface area (Å²) in [6.07, 6.45) is 2.66. The van der Waals surface area contributed by atoms with Gasteiger partial charge in [0.2, 0.25) is 0 Å². The SMILES string of the molecule is CCCCOc1cccc(CC#N)c1. The van der Waals surface area contributed by atoms with Crippen LogP contribution in [0.4, 0.5) is 0 Å². The van der Waals surface area contributed by atoms with E-state index >= 15 is 0 Å². The van der Waals surface area contributed by atoms with E-state index < -0.39 is 0 Å². The van der Waals surface area contributed by atoms with Crippen molar-refractivity contribution >= 4 is 0 Å². The van der Waals surface area contributed by atoms with E-state index in [1.165, 1.54) is 0 Å². The fourth-order valence-electron chi connectivity index (χ4n) is 1.17. The molecule has 0 spiro atoms. The zero-order chi connectivity index (χ0) is 10.2. The molecule has 0 aliphatic heterocycles. The van der Waals surface area contributed by atoms with Crippen molar-refractivity contribution in [1.29, 1.82) is 5.26 Å². The summed E-state index contributed by atoms with van der Waals surface area (Å²) < 4.78 is 5.52. The Hall–Kier alpha value is -1.49. The van der Waals surface area contributed by atoms with Crippen LogP contribution in [-0.2, 0) is 6.42 Å². The largest absolute Gasteiger partial charge is 0.494 e. The second-order valence-corrected chi connectivity index (χ2v) is 3.18. The molecule has 0 aromatic heterocycles. The van der Waals surface area contributed by atoms with Crippen molar-refractivity contribution in [1.82, 2.24) is 0 Å². The summed E-state index contributed by atoms with van der Waals surface area (Å²) in [6, 6.07) is 9.84. The zero-order valence-corrected chi connectivity index (χ0v) is 8.49. The maximum absolute atomic E-state index is 8.53. The summed E-state index contributed by atoms with van der Waals surface area (Å²) >= 11 is 0. The Morgan fingerprint density at radius 1 is 1.43 bits per heavy atom. The van der Waals surface area contributed by atoms with Crippen LogP contribution in [0.5, 0.6) is 5.75 Å². The molecule has 0 N–H and O–H groups in total. The molecule has 0 amide bonds. The average Bonchev–Trinajstić information content (AvgIpc) is 2.19. The van der Waals surface area contributed by atoms with Gasteiger partial charge < -0.3 is 4.74 Å². The lowest BCUT2D eigenvalue weighted by Gasteiger charge is -2.05. The highest BCUT2D eigenvalue weighted by atomic mass is 16.5. The van der Waals surface area contributed by atoms with Gasteiger partial charge in [-0.2, -0.15) is 5.26 Å². The van der Waals surface area contributed by atoms with Gasteiger partial charge in [-0.3, -0.25) is 0 Å². The highest BCUT2D eigenvalue weighted by Gasteiger charge is 1.95. The summed E-state index contributed by atoms with van der Waals surface area (Å²) in [7, 11) is 0. The van der Waals surface area contributed by atoms with E-state index in [4.69, 9.17) is 10.00 Å². The summed E-state index contributed by atoms with van der Waals surface area (Å²) in [5, 5.41) is 8.53. The summed E-state index contributed by atoms with van der Waals surface area (Å²) in [5.41, 5.74) is 1.02. The van der Waals surface area contributed by atoms with Crippen LogP contribution in [0, 0.1) is 11.3 Å². The highest BCUT2D eigenvalue weighted by Crippen LogP contribution is 2.13. The van der Waals surface area contributed by atoms with Gasteiger partial charge in [-0.25, -0.2) is 0 Å². The van der Waals surface area contributed by atoms with Gasteiger partial charge in [-0.05, 0) is 24.1 Å². The van der Waals surface area contributed by atoms with Gasteiger partial charge in [0.1, 0.15) is 5.75 Å². The molecule has 1 rings (SSSR count). The minimum Gasteiger partial charge on any atom is -0.494 e. The number of nitrogens with zero attached hydrogens (tertiary/aromatic N) is 1. The maximum atomic E-state index is 8.53. The van der Waals surface area contributed by atoms with Crippen molar-refractivity contribution in [2.45, 2.75) is 26.2 Å². The third-order valence-corrected chi connectivity index (χ3v) is 1.95. The van der Waals surface area contributed by atoms with Gasteiger partial charge in [-0.15, -0.1) is 0 Å². The van der Waals surface area contributed by atoms with Gasteiger partial charge in [0.25, 0.3) is 0 Å². The van der Waals surface area contributed by atoms with Crippen molar-refractivity contribution in [3.63, 3.8) is 0 Å². The Kier molecular flexibility index (Phi) is 4.57. The molecule has 0 fully saturated rings. The molecule has 0 saturated heterocycles. The molecule has 0 aliphatic carbocycles. The molecule has 0 heterocycles. The van der Waals surface area contributed by atoms with Crippen molar-refractivity contribution in [3.05, 3.63) is 29.8 Å². The first kappa shape index (κ1) is 10.6. The van der Waals surface area contributed by atoms with Gasteiger partial charge in [0.05, 0.1) is 19.1 Å². The molecule has 1 aromatic rings. The van der Waals surface area contributed by atoms with Crippen molar-refractivity contribution in [2.24, 2.45) is 0 Å². The summed E-state index contributed by atoms with van der Waals surface area (Å²) in [5.74, 6) is 0.867. The predicted octanol–water partition coefficient (Wildman–Crippen LogP) is 2.93. The van der Waals surface area contributed by atoms with Crippen LogP contribution in [0.25, 0.3) is 0 Å². The van der Waals surface area contributed by atoms with E-state index in [1.807, 2.05) is 24.3 Å². The first-order chi connectivity index (χ1) is 6.86. The van der Waals surface area contributed by atoms with E-state index in [2.05, 4.69) is 13.0 Å². The minimum absolute atomic E-state index is 0.449. The molecule has 2 heteroatoms. The number of ether oxygens (including phenoxy) is 1. The van der Waals surface area contributed by atoms with Crippen LogP contribution >= 0.6 is 0 Å². The lowest BCUT2D eigenvalue weighted by Crippen LogP contribution is -1.96. The van der Waals surface area contributed by atoms with E-state index in [0.717, 1.165) is 30.8 Å². The number of rotatable bonds is 5. The Labute approximate surface area is 85.1 Å². The van der Waals surface area contributed by atoms with E-state index in [0.29, 0.717) is 6.42 Å². The molecule has 0 atom stereocenters. The third kappa shape index (κ3) is 3.49. The molecule has 14 heavy (non-hydrogen) atoms. The van der Waals surface area contributed by atoms with Gasteiger partial charge in [0.15, 0.2) is 0 Å². The second kappa shape index (κ2) is 6.04. The van der Waals surface area contributed by atoms with E-state index in [9.17, 15) is 0 Å². The first-order valence-electron chi connectivity index (χ1n) is 4.95. The number of nitriles is 1. The van der Waals surface area contributed by atoms with E-state index in [1.54, 1.807) is 0 Å². The second-order valence-electron chi connectivity index (χ2n) is 3.18. The molecule has 0 radical (unpaired) electrons. The third-order valence-electron chi connectivity index (χ3n) is 1.95. The average molecular weight is 189 g/mol. The molecule has 74 valence electrons. The Morgan fingerprint density at radius 2 is 2.29 bits per heavy atom. The predicted molar refractivity (Wildman–Crippen MR) is 56.2 cm³/mol. The Bertz CT molecular complexity index is 314. The zero-order valence-electron chi connectivity index (χ0n) is 8.49. The van der Waals surface area contributed by atoms with Crippen LogP contribution in [0.2, 0.25) is 0 Å². The van der Waals surface area contributed by atoms with Crippen molar-refractivity contribution in [2.75, 3.05) is 6.61 Å². The molecular formula is C12H15NO. The quantitative estimate of drug-likeness (QED) is 0.667. The van der Waals surface area contributed by atoms with Gasteiger partial charge >= 0.3 is 0 Å². The monoisotopic (exact) mass is 189 g/mol. The normalized spacial score (nSPS) is 9.43. The summed E-state index contributed by atoms with van der Waals surface area (Å²) in [6.45, 7) is 2.89. The lowest BCUT2D eigenvalue weighted by atomic mass is 10.1. The smallest absolute Gasteiger partial charge is 0.119 e. The fourth-order valence-corrected chi connectivity index (χ4v) is 1.17. The Balaban J connectivity index is 2.51. The molecule has 0 unspecified atom stereocenters. The number of hydrogen-bond donors (Lipinski definition) is 0. The van der Waals surface area contributed by atoms with Crippen molar-refractivity contribution in [3.8, 4) is 11.8 Å². The standard InChI is InChI=1S/C12H15NO/c1-2-3-9-14-12-6-4-5-11(10-12)7-8-13/h4-6,10H,2-3,7,9H2,1H3. The Morgan fingerprint density at radius 3 is 3.00 bits per heavy atom. The van der Waals surface area contributed by atoms with Crippen LogP contribution in [0.15, 0.2) is 24.3 Å². The first-order valence-corrected chi connectivity index (χ1v) is 4.95. The topological polar surface area (TPSA) is 33.0 Å². The van der Waals surface area contributed by atoms with Crippen molar-refractivity contribution < 1.29 is 4.74 Å². The van der Waals surface area contributed by atoms with Gasteiger partial charge in [-0.1, -0.05) is 25.5 Å². The summed E-state index contributed by atoms with van der Waals surface area (Å²) in [4.78, 5) is 0. The minimum atomic E-state index is 0.449. The molecular weight excluding hydrogens is 174 g/mol. The van der Waals surface area contributed by atoms with E-state index in [-0.39, 0.29) is 0 Å². The number of hydrogen-bond acceptors (Lipinski definition) is 2.